The van der Waals surface area contributed by atoms with Crippen LogP contribution in [0.15, 0.2) is 150 Å². The lowest BCUT2D eigenvalue weighted by molar-refractivity contribution is 0.673. The van der Waals surface area contributed by atoms with Gasteiger partial charge in [-0.05, 0) is 66.2 Å². The van der Waals surface area contributed by atoms with Crippen molar-refractivity contribution < 1.29 is 4.42 Å². The molecule has 0 unspecified atom stereocenters. The second kappa shape index (κ2) is 10.2. The number of para-hydroxylation sites is 5. The summed E-state index contributed by atoms with van der Waals surface area (Å²) in [5.41, 5.74) is 10.1. The van der Waals surface area contributed by atoms with Gasteiger partial charge in [-0.2, -0.15) is 10.5 Å². The molecule has 49 heavy (non-hydrogen) atoms. The van der Waals surface area contributed by atoms with Gasteiger partial charge in [0.15, 0.2) is 0 Å². The summed E-state index contributed by atoms with van der Waals surface area (Å²) in [5.74, 6) is 0. The predicted molar refractivity (Wildman–Crippen MR) is 197 cm³/mol. The van der Waals surface area contributed by atoms with E-state index in [2.05, 4.69) is 94.1 Å². The molecular weight excluding hydrogens is 601 g/mol. The molecule has 0 amide bonds. The van der Waals surface area contributed by atoms with Gasteiger partial charge in [0.2, 0.25) is 0 Å². The van der Waals surface area contributed by atoms with Crippen molar-refractivity contribution in [1.29, 1.82) is 10.5 Å². The van der Waals surface area contributed by atoms with E-state index >= 15 is 0 Å². The van der Waals surface area contributed by atoms with Crippen molar-refractivity contribution in [3.8, 4) is 34.6 Å². The molecule has 3 aromatic heterocycles. The molecule has 0 N–H and O–H groups in total. The second-order valence-corrected chi connectivity index (χ2v) is 12.4. The van der Waals surface area contributed by atoms with Gasteiger partial charge in [-0.3, -0.25) is 0 Å². The van der Waals surface area contributed by atoms with E-state index in [0.29, 0.717) is 11.1 Å². The SMILES string of the molecule is N#Cc1cc(-c2cccc(C#N)c2-n2c3ccccc3c3c4oc5ccccc5c4ccc32)cc(-n2c3ccccc3c3ccccc32)c1. The maximum atomic E-state index is 10.6. The first kappa shape index (κ1) is 27.1. The van der Waals surface area contributed by atoms with E-state index in [0.717, 1.165) is 88.1 Å². The lowest BCUT2D eigenvalue weighted by Gasteiger charge is -2.17. The van der Waals surface area contributed by atoms with Crippen molar-refractivity contribution in [2.45, 2.75) is 0 Å². The van der Waals surface area contributed by atoms with Crippen molar-refractivity contribution in [1.82, 2.24) is 9.13 Å². The smallest absolute Gasteiger partial charge is 0.145 e. The molecule has 0 aliphatic heterocycles. The van der Waals surface area contributed by atoms with Gasteiger partial charge >= 0.3 is 0 Å². The van der Waals surface area contributed by atoms with Crippen molar-refractivity contribution in [3.05, 3.63) is 157 Å². The molecule has 7 aromatic carbocycles. The monoisotopic (exact) mass is 624 g/mol. The van der Waals surface area contributed by atoms with Crippen LogP contribution >= 0.6 is 0 Å². The average molecular weight is 625 g/mol. The Kier molecular flexibility index (Phi) is 5.64. The lowest BCUT2D eigenvalue weighted by Crippen LogP contribution is -2.02. The topological polar surface area (TPSA) is 70.6 Å². The molecule has 0 spiro atoms. The lowest BCUT2D eigenvalue weighted by atomic mass is 9.97. The minimum absolute atomic E-state index is 0.533. The Morgan fingerprint density at radius 1 is 0.490 bits per heavy atom. The summed E-state index contributed by atoms with van der Waals surface area (Å²) in [6, 6.07) is 54.1. The van der Waals surface area contributed by atoms with Gasteiger partial charge in [0, 0.05) is 38.2 Å². The third-order valence-corrected chi connectivity index (χ3v) is 9.76. The van der Waals surface area contributed by atoms with Crippen molar-refractivity contribution >= 4 is 65.6 Å². The van der Waals surface area contributed by atoms with E-state index in [4.69, 9.17) is 4.42 Å². The highest BCUT2D eigenvalue weighted by Crippen LogP contribution is 2.43. The Morgan fingerprint density at radius 3 is 1.86 bits per heavy atom. The van der Waals surface area contributed by atoms with E-state index in [1.54, 1.807) is 0 Å². The maximum absolute atomic E-state index is 10.6. The number of aromatic nitrogens is 2. The molecule has 5 nitrogen and oxygen atoms in total. The van der Waals surface area contributed by atoms with Crippen LogP contribution in [0.3, 0.4) is 0 Å². The Labute approximate surface area is 280 Å². The van der Waals surface area contributed by atoms with Crippen molar-refractivity contribution in [3.63, 3.8) is 0 Å². The number of rotatable bonds is 3. The molecule has 10 aromatic rings. The highest BCUT2D eigenvalue weighted by Gasteiger charge is 2.23. The summed E-state index contributed by atoms with van der Waals surface area (Å²) in [7, 11) is 0. The largest absolute Gasteiger partial charge is 0.455 e. The first-order chi connectivity index (χ1) is 24.2. The van der Waals surface area contributed by atoms with Crippen LogP contribution in [0.4, 0.5) is 0 Å². The number of hydrogen-bond acceptors (Lipinski definition) is 3. The van der Waals surface area contributed by atoms with Crippen LogP contribution in [0, 0.1) is 22.7 Å². The molecule has 0 saturated heterocycles. The Morgan fingerprint density at radius 2 is 1.14 bits per heavy atom. The summed E-state index contributed by atoms with van der Waals surface area (Å²) in [6.45, 7) is 0. The molecule has 0 fully saturated rings. The molecule has 226 valence electrons. The zero-order valence-electron chi connectivity index (χ0n) is 26.1. The third-order valence-electron chi connectivity index (χ3n) is 9.76. The van der Waals surface area contributed by atoms with Gasteiger partial charge in [-0.15, -0.1) is 0 Å². The summed E-state index contributed by atoms with van der Waals surface area (Å²) in [6.07, 6.45) is 0. The van der Waals surface area contributed by atoms with Gasteiger partial charge in [-0.1, -0.05) is 84.9 Å². The number of nitrogens with zero attached hydrogens (tertiary/aromatic N) is 4. The fraction of sp³-hybridized carbons (Fsp3) is 0. The van der Waals surface area contributed by atoms with Gasteiger partial charge in [0.25, 0.3) is 0 Å². The van der Waals surface area contributed by atoms with Crippen LogP contribution < -0.4 is 0 Å². The van der Waals surface area contributed by atoms with Crippen LogP contribution in [0.1, 0.15) is 11.1 Å². The van der Waals surface area contributed by atoms with E-state index in [1.165, 1.54) is 0 Å². The minimum atomic E-state index is 0.533. The quantitative estimate of drug-likeness (QED) is 0.196. The molecule has 0 aliphatic carbocycles. The Hall–Kier alpha value is -7.08. The predicted octanol–water partition coefficient (Wildman–Crippen LogP) is 11.2. The Balaban J connectivity index is 1.30. The van der Waals surface area contributed by atoms with Gasteiger partial charge in [0.05, 0.1) is 50.3 Å². The van der Waals surface area contributed by atoms with Crippen LogP contribution in [0.5, 0.6) is 0 Å². The number of hydrogen-bond donors (Lipinski definition) is 0. The Bertz CT molecular complexity index is 3030. The summed E-state index contributed by atoms with van der Waals surface area (Å²) in [5, 5.41) is 27.4. The average Bonchev–Trinajstić information content (AvgIpc) is 3.82. The highest BCUT2D eigenvalue weighted by molar-refractivity contribution is 6.24. The van der Waals surface area contributed by atoms with Crippen molar-refractivity contribution in [2.75, 3.05) is 0 Å². The van der Waals surface area contributed by atoms with Gasteiger partial charge < -0.3 is 13.6 Å². The normalized spacial score (nSPS) is 11.6. The molecular formula is C44H24N4O. The van der Waals surface area contributed by atoms with E-state index in [1.807, 2.05) is 72.8 Å². The number of fused-ring (bicyclic) bond motifs is 10. The zero-order chi connectivity index (χ0) is 32.6. The van der Waals surface area contributed by atoms with Gasteiger partial charge in [0.1, 0.15) is 17.2 Å². The summed E-state index contributed by atoms with van der Waals surface area (Å²) >= 11 is 0. The van der Waals surface area contributed by atoms with E-state index < -0.39 is 0 Å². The zero-order valence-corrected chi connectivity index (χ0v) is 26.1. The number of nitriles is 2. The van der Waals surface area contributed by atoms with E-state index in [-0.39, 0.29) is 0 Å². The van der Waals surface area contributed by atoms with E-state index in [9.17, 15) is 10.5 Å². The number of benzene rings is 7. The standard InChI is InChI=1S/C44H24N4O/c45-25-27-22-29(24-30(23-27)47-37-16-5-1-11-32(37)33-12-2-6-17-38(33)47)31-15-9-10-28(26-46)43(31)48-39-18-7-3-14-36(39)42-40(48)21-20-35-34-13-4-8-19-41(34)49-44(35)42/h1-24H. The van der Waals surface area contributed by atoms with Gasteiger partial charge in [-0.25, -0.2) is 0 Å². The molecule has 3 heterocycles. The molecule has 0 saturated carbocycles. The first-order valence-corrected chi connectivity index (χ1v) is 16.1. The number of furan rings is 1. The van der Waals surface area contributed by atoms with Crippen LogP contribution in [-0.2, 0) is 0 Å². The van der Waals surface area contributed by atoms with Crippen molar-refractivity contribution in [2.24, 2.45) is 0 Å². The third kappa shape index (κ3) is 3.79. The maximum Gasteiger partial charge on any atom is 0.145 e. The van der Waals surface area contributed by atoms with Crippen LogP contribution in [-0.4, -0.2) is 9.13 Å². The summed E-state index contributed by atoms with van der Waals surface area (Å²) < 4.78 is 10.9. The molecule has 0 radical (unpaired) electrons. The van der Waals surface area contributed by atoms with Crippen LogP contribution in [0.25, 0.3) is 88.1 Å². The molecule has 0 aliphatic rings. The molecule has 0 bridgehead atoms. The summed E-state index contributed by atoms with van der Waals surface area (Å²) in [4.78, 5) is 0. The molecule has 0 atom stereocenters. The van der Waals surface area contributed by atoms with Crippen LogP contribution in [0.2, 0.25) is 0 Å². The highest BCUT2D eigenvalue weighted by atomic mass is 16.3. The fourth-order valence-electron chi connectivity index (χ4n) is 7.74. The fourth-order valence-corrected chi connectivity index (χ4v) is 7.74. The molecule has 5 heteroatoms. The first-order valence-electron chi connectivity index (χ1n) is 16.1. The second-order valence-electron chi connectivity index (χ2n) is 12.4. The minimum Gasteiger partial charge on any atom is -0.455 e. The molecule has 10 rings (SSSR count).